The van der Waals surface area contributed by atoms with Crippen LogP contribution in [-0.4, -0.2) is 17.2 Å². The first-order valence-corrected chi connectivity index (χ1v) is 7.47. The van der Waals surface area contributed by atoms with Crippen molar-refractivity contribution in [3.8, 4) is 5.75 Å². The van der Waals surface area contributed by atoms with E-state index in [4.69, 9.17) is 9.84 Å². The van der Waals surface area contributed by atoms with Gasteiger partial charge in [-0.3, -0.25) is 0 Å². The molecule has 3 atom stereocenters. The van der Waals surface area contributed by atoms with Crippen molar-refractivity contribution >= 4 is 5.97 Å². The molecule has 0 bridgehead atoms. The number of carboxylic acids is 1. The van der Waals surface area contributed by atoms with Crippen molar-refractivity contribution in [3.05, 3.63) is 29.8 Å². The summed E-state index contributed by atoms with van der Waals surface area (Å²) in [5, 5.41) is 9.04. The Kier molecular flexibility index (Phi) is 4.69. The summed E-state index contributed by atoms with van der Waals surface area (Å²) in [5.41, 5.74) is 0.285. The number of hydrogen-bond donors (Lipinski definition) is 1. The largest absolute Gasteiger partial charge is 0.490 e. The van der Waals surface area contributed by atoms with Crippen LogP contribution in [0.15, 0.2) is 24.3 Å². The highest BCUT2D eigenvalue weighted by Gasteiger charge is 2.32. The number of benzene rings is 1. The van der Waals surface area contributed by atoms with Crippen LogP contribution in [0.25, 0.3) is 0 Å². The van der Waals surface area contributed by atoms with Gasteiger partial charge in [-0.1, -0.05) is 33.3 Å². The molecule has 1 aliphatic carbocycles. The van der Waals surface area contributed by atoms with Crippen molar-refractivity contribution in [1.82, 2.24) is 0 Å². The molecular weight excluding hydrogens is 252 g/mol. The highest BCUT2D eigenvalue weighted by molar-refractivity contribution is 5.87. The number of carbonyl (C=O) groups is 1. The van der Waals surface area contributed by atoms with Crippen LogP contribution in [0.5, 0.6) is 5.75 Å². The molecule has 1 N–H and O–H groups in total. The summed E-state index contributed by atoms with van der Waals surface area (Å²) in [6, 6.07) is 6.82. The van der Waals surface area contributed by atoms with Crippen molar-refractivity contribution < 1.29 is 14.6 Å². The maximum atomic E-state index is 11.0. The molecule has 3 heteroatoms. The third-order valence-electron chi connectivity index (χ3n) is 4.33. The first kappa shape index (κ1) is 14.9. The van der Waals surface area contributed by atoms with Gasteiger partial charge < -0.3 is 9.84 Å². The van der Waals surface area contributed by atoms with E-state index < -0.39 is 5.97 Å². The summed E-state index contributed by atoms with van der Waals surface area (Å²) >= 11 is 0. The molecular formula is C17H24O3. The second-order valence-corrected chi connectivity index (χ2v) is 6.32. The van der Waals surface area contributed by atoms with E-state index in [1.165, 1.54) is 12.8 Å². The van der Waals surface area contributed by atoms with Crippen LogP contribution < -0.4 is 4.74 Å². The van der Waals surface area contributed by atoms with E-state index >= 15 is 0 Å². The van der Waals surface area contributed by atoms with Gasteiger partial charge in [0.05, 0.1) is 5.56 Å². The Morgan fingerprint density at radius 2 is 2.10 bits per heavy atom. The van der Waals surface area contributed by atoms with Crippen molar-refractivity contribution in [1.29, 1.82) is 0 Å². The molecule has 1 aromatic carbocycles. The standard InChI is InChI=1S/C17H24O3/c1-11(2)15-8-7-12(3)9-16(15)20-14-6-4-5-13(10-14)17(18)19/h4-6,10-12,15-16H,7-9H2,1-3H3,(H,18,19). The predicted molar refractivity (Wildman–Crippen MR) is 79.2 cm³/mol. The summed E-state index contributed by atoms with van der Waals surface area (Å²) < 4.78 is 6.13. The first-order valence-electron chi connectivity index (χ1n) is 7.47. The van der Waals surface area contributed by atoms with E-state index in [-0.39, 0.29) is 11.7 Å². The zero-order chi connectivity index (χ0) is 14.7. The molecule has 1 saturated carbocycles. The molecule has 1 aliphatic rings. The summed E-state index contributed by atoms with van der Waals surface area (Å²) in [7, 11) is 0. The van der Waals surface area contributed by atoms with Gasteiger partial charge in [0, 0.05) is 0 Å². The van der Waals surface area contributed by atoms with E-state index in [1.54, 1.807) is 18.2 Å². The summed E-state index contributed by atoms with van der Waals surface area (Å²) in [6.45, 7) is 6.75. The molecule has 0 spiro atoms. The molecule has 3 unspecified atom stereocenters. The van der Waals surface area contributed by atoms with Gasteiger partial charge in [0.2, 0.25) is 0 Å². The monoisotopic (exact) mass is 276 g/mol. The zero-order valence-electron chi connectivity index (χ0n) is 12.5. The Balaban J connectivity index is 2.13. The molecule has 1 aromatic rings. The summed E-state index contributed by atoms with van der Waals surface area (Å²) in [5.74, 6) is 1.59. The second kappa shape index (κ2) is 6.29. The summed E-state index contributed by atoms with van der Waals surface area (Å²) in [4.78, 5) is 11.0. The Morgan fingerprint density at radius 1 is 1.35 bits per heavy atom. The Morgan fingerprint density at radius 3 is 2.75 bits per heavy atom. The predicted octanol–water partition coefficient (Wildman–Crippen LogP) is 4.22. The Bertz CT molecular complexity index is 467. The molecule has 1 fully saturated rings. The maximum absolute atomic E-state index is 11.0. The third-order valence-corrected chi connectivity index (χ3v) is 4.33. The van der Waals surface area contributed by atoms with Crippen LogP contribution >= 0.6 is 0 Å². The number of carboxylic acid groups (broad SMARTS) is 1. The van der Waals surface area contributed by atoms with E-state index in [1.807, 2.05) is 6.07 Å². The SMILES string of the molecule is CC1CCC(C(C)C)C(Oc2cccc(C(=O)O)c2)C1. The van der Waals surface area contributed by atoms with Crippen molar-refractivity contribution in [3.63, 3.8) is 0 Å². The van der Waals surface area contributed by atoms with Gasteiger partial charge in [0.15, 0.2) is 0 Å². The van der Waals surface area contributed by atoms with Crippen LogP contribution in [0.2, 0.25) is 0 Å². The van der Waals surface area contributed by atoms with E-state index in [9.17, 15) is 4.79 Å². The number of ether oxygens (including phenoxy) is 1. The van der Waals surface area contributed by atoms with Crippen LogP contribution in [0.3, 0.4) is 0 Å². The summed E-state index contributed by atoms with van der Waals surface area (Å²) in [6.07, 6.45) is 3.71. The maximum Gasteiger partial charge on any atom is 0.335 e. The van der Waals surface area contributed by atoms with Crippen LogP contribution in [0.1, 0.15) is 50.4 Å². The van der Waals surface area contributed by atoms with Gasteiger partial charge >= 0.3 is 5.97 Å². The highest BCUT2D eigenvalue weighted by atomic mass is 16.5. The fraction of sp³-hybridized carbons (Fsp3) is 0.588. The van der Waals surface area contributed by atoms with E-state index in [0.29, 0.717) is 23.5 Å². The fourth-order valence-corrected chi connectivity index (χ4v) is 3.13. The smallest absolute Gasteiger partial charge is 0.335 e. The molecule has 2 rings (SSSR count). The molecule has 0 heterocycles. The van der Waals surface area contributed by atoms with Crippen LogP contribution in [0, 0.1) is 17.8 Å². The molecule has 3 nitrogen and oxygen atoms in total. The van der Waals surface area contributed by atoms with E-state index in [0.717, 1.165) is 6.42 Å². The Labute approximate surface area is 121 Å². The van der Waals surface area contributed by atoms with Gasteiger partial charge in [-0.05, 0) is 48.8 Å². The van der Waals surface area contributed by atoms with Crippen molar-refractivity contribution in [2.75, 3.05) is 0 Å². The first-order chi connectivity index (χ1) is 9.47. The van der Waals surface area contributed by atoms with Crippen LogP contribution in [0.4, 0.5) is 0 Å². The third kappa shape index (κ3) is 3.53. The zero-order valence-corrected chi connectivity index (χ0v) is 12.5. The lowest BCUT2D eigenvalue weighted by Gasteiger charge is -2.37. The minimum absolute atomic E-state index is 0.197. The lowest BCUT2D eigenvalue weighted by Crippen LogP contribution is -2.36. The fourth-order valence-electron chi connectivity index (χ4n) is 3.13. The van der Waals surface area contributed by atoms with Crippen molar-refractivity contribution in [2.24, 2.45) is 17.8 Å². The average molecular weight is 276 g/mol. The Hall–Kier alpha value is -1.51. The molecule has 110 valence electrons. The lowest BCUT2D eigenvalue weighted by molar-refractivity contribution is 0.0457. The van der Waals surface area contributed by atoms with E-state index in [2.05, 4.69) is 20.8 Å². The van der Waals surface area contributed by atoms with Gasteiger partial charge in [-0.15, -0.1) is 0 Å². The molecule has 0 radical (unpaired) electrons. The van der Waals surface area contributed by atoms with Gasteiger partial charge in [0.25, 0.3) is 0 Å². The highest BCUT2D eigenvalue weighted by Crippen LogP contribution is 2.36. The second-order valence-electron chi connectivity index (χ2n) is 6.32. The van der Waals surface area contributed by atoms with Gasteiger partial charge in [0.1, 0.15) is 11.9 Å². The average Bonchev–Trinajstić information content (AvgIpc) is 2.38. The number of rotatable bonds is 4. The van der Waals surface area contributed by atoms with Crippen molar-refractivity contribution in [2.45, 2.75) is 46.1 Å². The quantitative estimate of drug-likeness (QED) is 0.895. The molecule has 0 aromatic heterocycles. The molecule has 20 heavy (non-hydrogen) atoms. The topological polar surface area (TPSA) is 46.5 Å². The van der Waals surface area contributed by atoms with Gasteiger partial charge in [-0.25, -0.2) is 4.79 Å². The molecule has 0 amide bonds. The van der Waals surface area contributed by atoms with Gasteiger partial charge in [-0.2, -0.15) is 0 Å². The molecule has 0 aliphatic heterocycles. The minimum atomic E-state index is -0.909. The minimum Gasteiger partial charge on any atom is -0.490 e. The number of aromatic carboxylic acids is 1. The molecule has 0 saturated heterocycles. The number of hydrogen-bond acceptors (Lipinski definition) is 2. The lowest BCUT2D eigenvalue weighted by atomic mass is 9.75. The normalized spacial score (nSPS) is 26.5. The van der Waals surface area contributed by atoms with Crippen LogP contribution in [-0.2, 0) is 0 Å².